The second kappa shape index (κ2) is 7.81. The first-order valence-electron chi connectivity index (χ1n) is 7.88. The maximum atomic E-state index is 11.8. The number of thioether (sulfide) groups is 1. The van der Waals surface area contributed by atoms with Gasteiger partial charge in [0.2, 0.25) is 4.77 Å². The van der Waals surface area contributed by atoms with E-state index in [-0.39, 0.29) is 11.2 Å². The lowest BCUT2D eigenvalue weighted by Gasteiger charge is -2.27. The summed E-state index contributed by atoms with van der Waals surface area (Å²) in [5, 5.41) is 6.70. The molecule has 1 aliphatic heterocycles. The topological polar surface area (TPSA) is 53.5 Å². The molecule has 1 N–H and O–H groups in total. The molecule has 1 aliphatic rings. The van der Waals surface area contributed by atoms with Gasteiger partial charge in [-0.1, -0.05) is 6.07 Å². The first-order chi connectivity index (χ1) is 11.6. The molecule has 1 unspecified atom stereocenters. The number of hydrogen-bond donors (Lipinski definition) is 1. The molecule has 1 fully saturated rings. The highest BCUT2D eigenvalue weighted by atomic mass is 32.2. The lowest BCUT2D eigenvalue weighted by atomic mass is 10.3. The van der Waals surface area contributed by atoms with Crippen LogP contribution in [0, 0.1) is 4.77 Å². The first-order valence-corrected chi connectivity index (χ1v) is 10.2. The fourth-order valence-electron chi connectivity index (χ4n) is 2.82. The molecule has 0 amide bonds. The summed E-state index contributed by atoms with van der Waals surface area (Å²) in [6, 6.07) is 4.09. The molecule has 0 aromatic carbocycles. The van der Waals surface area contributed by atoms with E-state index in [4.69, 9.17) is 22.1 Å². The number of nitrogens with zero attached hydrogens (tertiary/aromatic N) is 3. The van der Waals surface area contributed by atoms with E-state index in [1.807, 2.05) is 16.1 Å². The van der Waals surface area contributed by atoms with Gasteiger partial charge < -0.3 is 9.64 Å². The van der Waals surface area contributed by atoms with Gasteiger partial charge in [0.1, 0.15) is 6.54 Å². The number of nitrogens with one attached hydrogen (secondary N) is 1. The van der Waals surface area contributed by atoms with Gasteiger partial charge in [-0.25, -0.2) is 0 Å². The molecule has 9 heteroatoms. The SMILES string of the molecule is CCn1c(-c2cccs2)nn(C[NH+]2CCS[C@@H](C(=O)OC)C2)c1=S. The van der Waals surface area contributed by atoms with Gasteiger partial charge in [-0.3, -0.25) is 9.36 Å². The van der Waals surface area contributed by atoms with E-state index in [0.29, 0.717) is 6.67 Å². The van der Waals surface area contributed by atoms with Gasteiger partial charge >= 0.3 is 5.97 Å². The van der Waals surface area contributed by atoms with E-state index in [0.717, 1.165) is 40.9 Å². The molecule has 3 rings (SSSR count). The minimum Gasteiger partial charge on any atom is -0.468 e. The van der Waals surface area contributed by atoms with Crippen molar-refractivity contribution in [1.82, 2.24) is 14.3 Å². The van der Waals surface area contributed by atoms with Crippen molar-refractivity contribution in [1.29, 1.82) is 0 Å². The third kappa shape index (κ3) is 3.58. The van der Waals surface area contributed by atoms with Crippen molar-refractivity contribution in [2.45, 2.75) is 25.4 Å². The largest absolute Gasteiger partial charge is 0.468 e. The molecule has 0 aliphatic carbocycles. The highest BCUT2D eigenvalue weighted by molar-refractivity contribution is 8.00. The average Bonchev–Trinajstić information content (AvgIpc) is 3.23. The summed E-state index contributed by atoms with van der Waals surface area (Å²) in [5.74, 6) is 1.72. The van der Waals surface area contributed by atoms with E-state index in [9.17, 15) is 4.79 Å². The zero-order valence-electron chi connectivity index (χ0n) is 13.7. The number of rotatable bonds is 5. The molecule has 24 heavy (non-hydrogen) atoms. The van der Waals surface area contributed by atoms with Crippen molar-refractivity contribution < 1.29 is 14.4 Å². The standard InChI is InChI=1S/C15H20N4O2S3/c1-3-18-13(11-5-4-7-23-11)16-19(15(18)22)10-17-6-8-24-12(9-17)14(20)21-2/h4-5,7,12H,3,6,8-10H2,1-2H3/p+1/t12-/m1/s1. The van der Waals surface area contributed by atoms with Crippen LogP contribution in [0.25, 0.3) is 10.7 Å². The number of ether oxygens (including phenoxy) is 1. The number of aromatic nitrogens is 3. The maximum Gasteiger partial charge on any atom is 0.324 e. The normalized spacial score (nSPS) is 20.9. The Labute approximate surface area is 154 Å². The van der Waals surface area contributed by atoms with Gasteiger partial charge in [0.25, 0.3) is 0 Å². The monoisotopic (exact) mass is 385 g/mol. The molecular formula is C15H21N4O2S3+. The average molecular weight is 386 g/mol. The molecule has 6 nitrogen and oxygen atoms in total. The fraction of sp³-hybridized carbons (Fsp3) is 0.533. The van der Waals surface area contributed by atoms with Crippen molar-refractivity contribution in [3.05, 3.63) is 22.3 Å². The summed E-state index contributed by atoms with van der Waals surface area (Å²) < 4.78 is 9.58. The molecule has 1 saturated heterocycles. The summed E-state index contributed by atoms with van der Waals surface area (Å²) in [5.41, 5.74) is 0. The Morgan fingerprint density at radius 1 is 1.58 bits per heavy atom. The number of methoxy groups -OCH3 is 1. The third-order valence-corrected chi connectivity index (χ3v) is 6.57. The summed E-state index contributed by atoms with van der Waals surface area (Å²) in [7, 11) is 1.45. The van der Waals surface area contributed by atoms with E-state index in [1.165, 1.54) is 12.0 Å². The van der Waals surface area contributed by atoms with Gasteiger partial charge in [0.15, 0.2) is 17.7 Å². The Bertz CT molecular complexity index is 753. The molecule has 0 radical (unpaired) electrons. The summed E-state index contributed by atoms with van der Waals surface area (Å²) >= 11 is 8.95. The van der Waals surface area contributed by atoms with Gasteiger partial charge in [-0.15, -0.1) is 28.2 Å². The number of carbonyl (C=O) groups is 1. The fourth-order valence-corrected chi connectivity index (χ4v) is 5.14. The van der Waals surface area contributed by atoms with E-state index in [2.05, 4.69) is 17.6 Å². The van der Waals surface area contributed by atoms with Crippen LogP contribution in [-0.2, 0) is 22.7 Å². The van der Waals surface area contributed by atoms with Crippen LogP contribution in [0.3, 0.4) is 0 Å². The van der Waals surface area contributed by atoms with Crippen molar-refractivity contribution in [2.75, 3.05) is 26.0 Å². The zero-order valence-corrected chi connectivity index (χ0v) is 16.2. The molecule has 0 saturated carbocycles. The predicted molar refractivity (Wildman–Crippen MR) is 99.0 cm³/mol. The number of esters is 1. The van der Waals surface area contributed by atoms with Crippen LogP contribution in [0.15, 0.2) is 17.5 Å². The minimum atomic E-state index is -0.140. The summed E-state index contributed by atoms with van der Waals surface area (Å²) in [6.45, 7) is 5.29. The molecule has 2 aromatic rings. The van der Waals surface area contributed by atoms with Gasteiger partial charge in [-0.2, -0.15) is 4.68 Å². The molecule has 2 aromatic heterocycles. The maximum absolute atomic E-state index is 11.8. The van der Waals surface area contributed by atoms with Gasteiger partial charge in [0, 0.05) is 12.3 Å². The van der Waals surface area contributed by atoms with Gasteiger partial charge in [0.05, 0.1) is 18.5 Å². The molecular weight excluding hydrogens is 364 g/mol. The Morgan fingerprint density at radius 2 is 2.42 bits per heavy atom. The molecule has 2 atom stereocenters. The van der Waals surface area contributed by atoms with Crippen molar-refractivity contribution in [2.24, 2.45) is 0 Å². The predicted octanol–water partition coefficient (Wildman–Crippen LogP) is 1.29. The number of carbonyl (C=O) groups excluding carboxylic acids is 1. The smallest absolute Gasteiger partial charge is 0.324 e. The van der Waals surface area contributed by atoms with Crippen LogP contribution in [0.2, 0.25) is 0 Å². The van der Waals surface area contributed by atoms with Crippen LogP contribution in [-0.4, -0.2) is 51.5 Å². The van der Waals surface area contributed by atoms with Crippen LogP contribution in [0.5, 0.6) is 0 Å². The van der Waals surface area contributed by atoms with Crippen LogP contribution in [0.1, 0.15) is 6.92 Å². The van der Waals surface area contributed by atoms with Gasteiger partial charge in [-0.05, 0) is 30.6 Å². The Hall–Kier alpha value is -1.16. The van der Waals surface area contributed by atoms with Crippen LogP contribution in [0.4, 0.5) is 0 Å². The Balaban J connectivity index is 1.80. The van der Waals surface area contributed by atoms with E-state index < -0.39 is 0 Å². The second-order valence-corrected chi connectivity index (χ2v) is 8.20. The Morgan fingerprint density at radius 3 is 3.08 bits per heavy atom. The molecule has 0 spiro atoms. The highest BCUT2D eigenvalue weighted by Crippen LogP contribution is 2.23. The lowest BCUT2D eigenvalue weighted by molar-refractivity contribution is -0.921. The minimum absolute atomic E-state index is 0.0991. The van der Waals surface area contributed by atoms with Crippen LogP contribution < -0.4 is 4.90 Å². The third-order valence-electron chi connectivity index (χ3n) is 4.07. The van der Waals surface area contributed by atoms with Crippen molar-refractivity contribution in [3.8, 4) is 10.7 Å². The lowest BCUT2D eigenvalue weighted by Crippen LogP contribution is -3.14. The first kappa shape index (κ1) is 17.7. The summed E-state index contributed by atoms with van der Waals surface area (Å²) in [6.07, 6.45) is 0. The highest BCUT2D eigenvalue weighted by Gasteiger charge is 2.30. The van der Waals surface area contributed by atoms with Crippen molar-refractivity contribution >= 4 is 41.3 Å². The number of hydrogen-bond acceptors (Lipinski definition) is 6. The molecule has 3 heterocycles. The Kier molecular flexibility index (Phi) is 5.75. The van der Waals surface area contributed by atoms with Crippen LogP contribution >= 0.6 is 35.3 Å². The van der Waals surface area contributed by atoms with E-state index in [1.54, 1.807) is 23.1 Å². The summed E-state index contributed by atoms with van der Waals surface area (Å²) in [4.78, 5) is 14.2. The van der Waals surface area contributed by atoms with Crippen molar-refractivity contribution in [3.63, 3.8) is 0 Å². The number of thiophene rings is 1. The quantitative estimate of drug-likeness (QED) is 0.621. The molecule has 130 valence electrons. The second-order valence-electron chi connectivity index (χ2n) is 5.57. The van der Waals surface area contributed by atoms with E-state index >= 15 is 0 Å². The zero-order chi connectivity index (χ0) is 17.1. The molecule has 0 bridgehead atoms. The number of quaternary nitrogens is 1.